The third-order valence-corrected chi connectivity index (χ3v) is 4.02. The molecule has 7 heteroatoms. The van der Waals surface area contributed by atoms with E-state index in [2.05, 4.69) is 17.1 Å². The molecule has 0 unspecified atom stereocenters. The molecule has 0 aliphatic carbocycles. The Hall–Kier alpha value is -2.86. The van der Waals surface area contributed by atoms with E-state index >= 15 is 0 Å². The molecule has 0 saturated heterocycles. The van der Waals surface area contributed by atoms with Gasteiger partial charge in [-0.2, -0.15) is 0 Å². The number of halogens is 2. The predicted octanol–water partition coefficient (Wildman–Crippen LogP) is 4.46. The number of anilines is 2. The van der Waals surface area contributed by atoms with Crippen molar-refractivity contribution in [2.24, 2.45) is 0 Å². The molecule has 0 spiro atoms. The fourth-order valence-corrected chi connectivity index (χ4v) is 2.82. The highest BCUT2D eigenvalue weighted by Crippen LogP contribution is 2.38. The number of nitrogens with zero attached hydrogens (tertiary/aromatic N) is 1. The van der Waals surface area contributed by atoms with Crippen molar-refractivity contribution >= 4 is 40.0 Å². The van der Waals surface area contributed by atoms with Crippen molar-refractivity contribution in [1.29, 1.82) is 0 Å². The van der Waals surface area contributed by atoms with E-state index in [4.69, 9.17) is 21.9 Å². The molecule has 0 aliphatic heterocycles. The maximum atomic E-state index is 12.8. The standard InChI is InChI=1S/C17H13ClFN3O2/c1-8-7-10(21-17(23)9(2)19)3-4-11(8)12-5-6-13-14(15(12)18)16(20)22-24-13/h3-7H,2H2,1H3,(H2,20,22)(H,21,23). The molecule has 5 nitrogen and oxygen atoms in total. The minimum absolute atomic E-state index is 0.222. The van der Waals surface area contributed by atoms with Gasteiger partial charge in [0, 0.05) is 11.3 Å². The smallest absolute Gasteiger partial charge is 0.283 e. The van der Waals surface area contributed by atoms with E-state index in [1.807, 2.05) is 6.92 Å². The van der Waals surface area contributed by atoms with Crippen molar-refractivity contribution in [2.75, 3.05) is 11.1 Å². The highest BCUT2D eigenvalue weighted by molar-refractivity contribution is 6.39. The van der Waals surface area contributed by atoms with Crippen LogP contribution in [0.25, 0.3) is 22.1 Å². The van der Waals surface area contributed by atoms with Crippen LogP contribution < -0.4 is 11.1 Å². The quantitative estimate of drug-likeness (QED) is 0.687. The summed E-state index contributed by atoms with van der Waals surface area (Å²) in [6.07, 6.45) is 0. The van der Waals surface area contributed by atoms with Crippen LogP contribution in [0.4, 0.5) is 15.9 Å². The van der Waals surface area contributed by atoms with E-state index in [-0.39, 0.29) is 5.82 Å². The first kappa shape index (κ1) is 16.0. The largest absolute Gasteiger partial charge is 0.380 e. The molecule has 3 N–H and O–H groups in total. The Kier molecular flexibility index (Phi) is 3.99. The molecule has 24 heavy (non-hydrogen) atoms. The molecular formula is C17H13ClFN3O2. The van der Waals surface area contributed by atoms with E-state index in [9.17, 15) is 9.18 Å². The molecule has 122 valence electrons. The maximum absolute atomic E-state index is 12.8. The number of benzene rings is 2. The Bertz CT molecular complexity index is 981. The van der Waals surface area contributed by atoms with Gasteiger partial charge in [0.15, 0.2) is 17.2 Å². The Morgan fingerprint density at radius 3 is 2.71 bits per heavy atom. The maximum Gasteiger partial charge on any atom is 0.283 e. The monoisotopic (exact) mass is 345 g/mol. The fraction of sp³-hybridized carbons (Fsp3) is 0.0588. The first-order valence-electron chi connectivity index (χ1n) is 6.98. The second-order valence-corrected chi connectivity index (χ2v) is 5.63. The van der Waals surface area contributed by atoms with Gasteiger partial charge in [-0.1, -0.05) is 29.4 Å². The van der Waals surface area contributed by atoms with Crippen molar-refractivity contribution in [2.45, 2.75) is 6.92 Å². The molecule has 1 aromatic heterocycles. The average molecular weight is 346 g/mol. The van der Waals surface area contributed by atoms with Crippen LogP contribution in [-0.2, 0) is 4.79 Å². The lowest BCUT2D eigenvalue weighted by Gasteiger charge is -2.11. The van der Waals surface area contributed by atoms with Crippen LogP contribution in [0.15, 0.2) is 47.3 Å². The first-order chi connectivity index (χ1) is 11.4. The van der Waals surface area contributed by atoms with Crippen LogP contribution in [0.1, 0.15) is 5.56 Å². The van der Waals surface area contributed by atoms with E-state index < -0.39 is 11.7 Å². The Balaban J connectivity index is 2.04. The summed E-state index contributed by atoms with van der Waals surface area (Å²) in [6, 6.07) is 8.69. The predicted molar refractivity (Wildman–Crippen MR) is 92.5 cm³/mol. The lowest BCUT2D eigenvalue weighted by molar-refractivity contribution is -0.114. The number of aromatic nitrogens is 1. The van der Waals surface area contributed by atoms with Gasteiger partial charge in [-0.3, -0.25) is 4.79 Å². The van der Waals surface area contributed by atoms with Crippen molar-refractivity contribution in [3.8, 4) is 11.1 Å². The van der Waals surface area contributed by atoms with Gasteiger partial charge in [0.1, 0.15) is 0 Å². The topological polar surface area (TPSA) is 81.2 Å². The summed E-state index contributed by atoms with van der Waals surface area (Å²) in [5.74, 6) is -1.70. The number of nitrogens with two attached hydrogens (primary N) is 1. The molecule has 1 heterocycles. The van der Waals surface area contributed by atoms with Crippen LogP contribution in [-0.4, -0.2) is 11.1 Å². The number of carbonyl (C=O) groups is 1. The number of aryl methyl sites for hydroxylation is 1. The summed E-state index contributed by atoms with van der Waals surface area (Å²) in [4.78, 5) is 11.3. The summed E-state index contributed by atoms with van der Waals surface area (Å²) in [5, 5.41) is 7.11. The van der Waals surface area contributed by atoms with Crippen molar-refractivity contribution in [3.05, 3.63) is 53.3 Å². The minimum atomic E-state index is -1.05. The molecule has 0 atom stereocenters. The van der Waals surface area contributed by atoms with E-state index in [1.165, 1.54) is 0 Å². The first-order valence-corrected chi connectivity index (χ1v) is 7.36. The third-order valence-electron chi connectivity index (χ3n) is 3.62. The molecule has 3 aromatic rings. The number of fused-ring (bicyclic) bond motifs is 1. The lowest BCUT2D eigenvalue weighted by atomic mass is 9.98. The number of rotatable bonds is 3. The minimum Gasteiger partial charge on any atom is -0.380 e. The number of nitrogens with one attached hydrogen (secondary N) is 1. The second kappa shape index (κ2) is 5.98. The van der Waals surface area contributed by atoms with Gasteiger partial charge in [-0.25, -0.2) is 4.39 Å². The van der Waals surface area contributed by atoms with Gasteiger partial charge in [-0.05, 0) is 42.3 Å². The van der Waals surface area contributed by atoms with Crippen molar-refractivity contribution in [1.82, 2.24) is 5.16 Å². The van der Waals surface area contributed by atoms with Crippen LogP contribution in [0, 0.1) is 6.92 Å². The van der Waals surface area contributed by atoms with Crippen LogP contribution in [0.3, 0.4) is 0 Å². The SMILES string of the molecule is C=C(F)C(=O)Nc1ccc(-c2ccc3onc(N)c3c2Cl)c(C)c1. The van der Waals surface area contributed by atoms with E-state index in [0.29, 0.717) is 21.7 Å². The molecule has 0 bridgehead atoms. The van der Waals surface area contributed by atoms with Gasteiger partial charge < -0.3 is 15.6 Å². The average Bonchev–Trinajstić information content (AvgIpc) is 2.90. The van der Waals surface area contributed by atoms with E-state index in [1.54, 1.807) is 30.3 Å². The van der Waals surface area contributed by atoms with E-state index in [0.717, 1.165) is 16.7 Å². The molecule has 2 aromatic carbocycles. The molecule has 0 radical (unpaired) electrons. The normalized spacial score (nSPS) is 10.8. The highest BCUT2D eigenvalue weighted by Gasteiger charge is 2.16. The van der Waals surface area contributed by atoms with Crippen LogP contribution in [0.2, 0.25) is 5.02 Å². The summed E-state index contributed by atoms with van der Waals surface area (Å²) < 4.78 is 17.9. The summed E-state index contributed by atoms with van der Waals surface area (Å²) in [6.45, 7) is 4.81. The molecule has 3 rings (SSSR count). The Morgan fingerprint density at radius 1 is 1.33 bits per heavy atom. The third kappa shape index (κ3) is 2.72. The zero-order valence-electron chi connectivity index (χ0n) is 12.7. The number of carbonyl (C=O) groups excluding carboxylic acids is 1. The van der Waals surface area contributed by atoms with Crippen molar-refractivity contribution < 1.29 is 13.7 Å². The van der Waals surface area contributed by atoms with Crippen LogP contribution in [0.5, 0.6) is 0 Å². The zero-order valence-corrected chi connectivity index (χ0v) is 13.4. The zero-order chi connectivity index (χ0) is 17.4. The molecule has 1 amide bonds. The van der Waals surface area contributed by atoms with Crippen molar-refractivity contribution in [3.63, 3.8) is 0 Å². The Morgan fingerprint density at radius 2 is 2.04 bits per heavy atom. The molecule has 0 fully saturated rings. The number of hydrogen-bond donors (Lipinski definition) is 2. The van der Waals surface area contributed by atoms with Gasteiger partial charge in [0.25, 0.3) is 5.91 Å². The van der Waals surface area contributed by atoms with Crippen LogP contribution >= 0.6 is 11.6 Å². The summed E-state index contributed by atoms with van der Waals surface area (Å²) in [5.41, 5.74) is 9.19. The number of hydrogen-bond acceptors (Lipinski definition) is 4. The second-order valence-electron chi connectivity index (χ2n) is 5.26. The molecule has 0 saturated carbocycles. The summed E-state index contributed by atoms with van der Waals surface area (Å²) >= 11 is 6.45. The van der Waals surface area contributed by atoms with Gasteiger partial charge >= 0.3 is 0 Å². The van der Waals surface area contributed by atoms with Gasteiger partial charge in [-0.15, -0.1) is 0 Å². The fourth-order valence-electron chi connectivity index (χ4n) is 2.47. The molecule has 0 aliphatic rings. The number of nitrogen functional groups attached to an aromatic ring is 1. The lowest BCUT2D eigenvalue weighted by Crippen LogP contribution is -2.11. The van der Waals surface area contributed by atoms with Gasteiger partial charge in [0.05, 0.1) is 10.4 Å². The Labute approximate surface area is 141 Å². The van der Waals surface area contributed by atoms with Gasteiger partial charge in [0.2, 0.25) is 0 Å². The number of amides is 1. The summed E-state index contributed by atoms with van der Waals surface area (Å²) in [7, 11) is 0. The molecular weight excluding hydrogens is 333 g/mol. The highest BCUT2D eigenvalue weighted by atomic mass is 35.5.